The third-order valence-electron chi connectivity index (χ3n) is 5.62. The lowest BCUT2D eigenvalue weighted by Crippen LogP contribution is -2.50. The predicted octanol–water partition coefficient (Wildman–Crippen LogP) is 3.62. The van der Waals surface area contributed by atoms with E-state index in [1.54, 1.807) is 0 Å². The fraction of sp³-hybridized carbons (Fsp3) is 0.364. The van der Waals surface area contributed by atoms with Crippen LogP contribution in [0.1, 0.15) is 53.6 Å². The first-order valence-corrected chi connectivity index (χ1v) is 9.41. The van der Waals surface area contributed by atoms with E-state index in [2.05, 4.69) is 17.4 Å². The van der Waals surface area contributed by atoms with Crippen LogP contribution in [0.15, 0.2) is 54.6 Å². The maximum atomic E-state index is 12.9. The molecule has 0 spiro atoms. The molecule has 26 heavy (non-hydrogen) atoms. The van der Waals surface area contributed by atoms with Crippen LogP contribution in [0.3, 0.4) is 0 Å². The van der Waals surface area contributed by atoms with E-state index >= 15 is 0 Å². The minimum absolute atomic E-state index is 0.0387. The standard InChI is InChI=1S/C22H24N2O2/c25-20-11-5-14-24(20)16-17-7-4-8-18(15-17)21(26)23-22(12-6-13-22)19-9-2-1-3-10-19/h1-4,7-10,15H,5-6,11-14,16H2,(H,23,26). The van der Waals surface area contributed by atoms with Crippen LogP contribution in [0.5, 0.6) is 0 Å². The first-order valence-electron chi connectivity index (χ1n) is 9.41. The minimum atomic E-state index is -0.237. The van der Waals surface area contributed by atoms with E-state index in [0.29, 0.717) is 18.5 Å². The molecule has 2 aromatic rings. The molecule has 0 atom stereocenters. The van der Waals surface area contributed by atoms with Gasteiger partial charge in [-0.25, -0.2) is 0 Å². The van der Waals surface area contributed by atoms with Crippen molar-refractivity contribution in [1.82, 2.24) is 10.2 Å². The second-order valence-electron chi connectivity index (χ2n) is 7.38. The van der Waals surface area contributed by atoms with Crippen molar-refractivity contribution in [2.75, 3.05) is 6.54 Å². The van der Waals surface area contributed by atoms with Gasteiger partial charge in [0.1, 0.15) is 0 Å². The molecule has 0 unspecified atom stereocenters. The molecular weight excluding hydrogens is 324 g/mol. The molecule has 1 N–H and O–H groups in total. The van der Waals surface area contributed by atoms with Crippen LogP contribution in [-0.4, -0.2) is 23.3 Å². The van der Waals surface area contributed by atoms with Crippen LogP contribution in [0.25, 0.3) is 0 Å². The van der Waals surface area contributed by atoms with Gasteiger partial charge in [0.05, 0.1) is 5.54 Å². The lowest BCUT2D eigenvalue weighted by Gasteiger charge is -2.43. The lowest BCUT2D eigenvalue weighted by molar-refractivity contribution is -0.128. The molecule has 2 aromatic carbocycles. The highest BCUT2D eigenvalue weighted by atomic mass is 16.2. The largest absolute Gasteiger partial charge is 0.343 e. The Bertz CT molecular complexity index is 812. The molecule has 1 saturated carbocycles. The summed E-state index contributed by atoms with van der Waals surface area (Å²) < 4.78 is 0. The highest BCUT2D eigenvalue weighted by Gasteiger charge is 2.40. The number of carbonyl (C=O) groups excluding carboxylic acids is 2. The monoisotopic (exact) mass is 348 g/mol. The Morgan fingerprint density at radius 1 is 1.04 bits per heavy atom. The molecule has 1 heterocycles. The van der Waals surface area contributed by atoms with Gasteiger partial charge in [-0.05, 0) is 48.9 Å². The van der Waals surface area contributed by atoms with E-state index in [9.17, 15) is 9.59 Å². The van der Waals surface area contributed by atoms with Gasteiger partial charge < -0.3 is 10.2 Å². The number of benzene rings is 2. The summed E-state index contributed by atoms with van der Waals surface area (Å²) >= 11 is 0. The van der Waals surface area contributed by atoms with Crippen LogP contribution in [0.4, 0.5) is 0 Å². The summed E-state index contributed by atoms with van der Waals surface area (Å²) in [6.07, 6.45) is 4.65. The Balaban J connectivity index is 1.49. The normalized spacial score (nSPS) is 18.5. The Labute approximate surface area is 154 Å². The van der Waals surface area contributed by atoms with Gasteiger partial charge >= 0.3 is 0 Å². The van der Waals surface area contributed by atoms with Gasteiger partial charge in [0.25, 0.3) is 5.91 Å². The van der Waals surface area contributed by atoms with E-state index in [1.165, 1.54) is 5.56 Å². The summed E-state index contributed by atoms with van der Waals surface area (Å²) in [5, 5.41) is 3.27. The summed E-state index contributed by atoms with van der Waals surface area (Å²) in [5.41, 5.74) is 2.62. The molecule has 0 radical (unpaired) electrons. The molecule has 0 aromatic heterocycles. The first-order chi connectivity index (χ1) is 12.7. The minimum Gasteiger partial charge on any atom is -0.343 e. The third-order valence-corrected chi connectivity index (χ3v) is 5.62. The van der Waals surface area contributed by atoms with Gasteiger partial charge in [-0.1, -0.05) is 42.5 Å². The van der Waals surface area contributed by atoms with E-state index in [1.807, 2.05) is 47.4 Å². The van der Waals surface area contributed by atoms with Gasteiger partial charge in [-0.3, -0.25) is 9.59 Å². The zero-order valence-corrected chi connectivity index (χ0v) is 14.9. The van der Waals surface area contributed by atoms with E-state index < -0.39 is 0 Å². The fourth-order valence-corrected chi connectivity index (χ4v) is 3.97. The maximum Gasteiger partial charge on any atom is 0.251 e. The fourth-order valence-electron chi connectivity index (χ4n) is 3.97. The Morgan fingerprint density at radius 2 is 1.85 bits per heavy atom. The number of rotatable bonds is 5. The van der Waals surface area contributed by atoms with Crippen molar-refractivity contribution in [3.8, 4) is 0 Å². The van der Waals surface area contributed by atoms with Crippen molar-refractivity contribution in [2.45, 2.75) is 44.2 Å². The SMILES string of the molecule is O=C(NC1(c2ccccc2)CCC1)c1cccc(CN2CCCC2=O)c1. The molecule has 1 aliphatic heterocycles. The Kier molecular flexibility index (Phi) is 4.49. The van der Waals surface area contributed by atoms with Gasteiger partial charge in [-0.15, -0.1) is 0 Å². The topological polar surface area (TPSA) is 49.4 Å². The molecule has 1 saturated heterocycles. The highest BCUT2D eigenvalue weighted by molar-refractivity contribution is 5.95. The van der Waals surface area contributed by atoms with Crippen LogP contribution < -0.4 is 5.32 Å². The molecule has 4 rings (SSSR count). The van der Waals surface area contributed by atoms with Gasteiger partial charge in [0, 0.05) is 25.1 Å². The number of hydrogen-bond acceptors (Lipinski definition) is 2. The van der Waals surface area contributed by atoms with E-state index in [-0.39, 0.29) is 17.4 Å². The van der Waals surface area contributed by atoms with Crippen LogP contribution >= 0.6 is 0 Å². The quantitative estimate of drug-likeness (QED) is 0.897. The number of nitrogens with one attached hydrogen (secondary N) is 1. The van der Waals surface area contributed by atoms with Crippen molar-refractivity contribution < 1.29 is 9.59 Å². The number of amides is 2. The molecule has 2 aliphatic rings. The zero-order chi connectivity index (χ0) is 18.0. The molecule has 1 aliphatic carbocycles. The third kappa shape index (κ3) is 3.24. The summed E-state index contributed by atoms with van der Waals surface area (Å²) in [7, 11) is 0. The van der Waals surface area contributed by atoms with Crippen LogP contribution in [0, 0.1) is 0 Å². The van der Waals surface area contributed by atoms with Gasteiger partial charge in [0.15, 0.2) is 0 Å². The van der Waals surface area contributed by atoms with Crippen molar-refractivity contribution in [3.05, 3.63) is 71.3 Å². The average molecular weight is 348 g/mol. The summed E-state index contributed by atoms with van der Waals surface area (Å²) in [6, 6.07) is 17.9. The maximum absolute atomic E-state index is 12.9. The smallest absolute Gasteiger partial charge is 0.251 e. The number of carbonyl (C=O) groups is 2. The molecule has 4 heteroatoms. The molecular formula is C22H24N2O2. The van der Waals surface area contributed by atoms with E-state index in [0.717, 1.165) is 37.8 Å². The van der Waals surface area contributed by atoms with Crippen LogP contribution in [-0.2, 0) is 16.9 Å². The number of nitrogens with zero attached hydrogens (tertiary/aromatic N) is 1. The van der Waals surface area contributed by atoms with E-state index in [4.69, 9.17) is 0 Å². The summed E-state index contributed by atoms with van der Waals surface area (Å²) in [4.78, 5) is 26.6. The Hall–Kier alpha value is -2.62. The lowest BCUT2D eigenvalue weighted by atomic mass is 9.71. The molecule has 2 fully saturated rings. The second-order valence-corrected chi connectivity index (χ2v) is 7.38. The van der Waals surface area contributed by atoms with Gasteiger partial charge in [-0.2, -0.15) is 0 Å². The number of likely N-dealkylation sites (tertiary alicyclic amines) is 1. The molecule has 4 nitrogen and oxygen atoms in total. The summed E-state index contributed by atoms with van der Waals surface area (Å²) in [5.74, 6) is 0.167. The van der Waals surface area contributed by atoms with Crippen LogP contribution in [0.2, 0.25) is 0 Å². The number of hydrogen-bond donors (Lipinski definition) is 1. The second kappa shape index (κ2) is 6.94. The zero-order valence-electron chi connectivity index (χ0n) is 14.9. The molecule has 0 bridgehead atoms. The highest BCUT2D eigenvalue weighted by Crippen LogP contribution is 2.41. The Morgan fingerprint density at radius 3 is 2.50 bits per heavy atom. The average Bonchev–Trinajstić information content (AvgIpc) is 3.04. The first kappa shape index (κ1) is 16.8. The van der Waals surface area contributed by atoms with Crippen molar-refractivity contribution in [3.63, 3.8) is 0 Å². The van der Waals surface area contributed by atoms with Crippen molar-refractivity contribution in [1.29, 1.82) is 0 Å². The molecule has 2 amide bonds. The molecule has 134 valence electrons. The van der Waals surface area contributed by atoms with Gasteiger partial charge in [0.2, 0.25) is 5.91 Å². The predicted molar refractivity (Wildman–Crippen MR) is 101 cm³/mol. The van der Waals surface area contributed by atoms with Crippen molar-refractivity contribution >= 4 is 11.8 Å². The van der Waals surface area contributed by atoms with Crippen molar-refractivity contribution in [2.24, 2.45) is 0 Å². The summed E-state index contributed by atoms with van der Waals surface area (Å²) in [6.45, 7) is 1.40.